The van der Waals surface area contributed by atoms with E-state index < -0.39 is 52.7 Å². The number of furan rings is 1. The number of carbonyl (C=O) groups is 4. The minimum atomic E-state index is -1.04. The van der Waals surface area contributed by atoms with E-state index in [1.807, 2.05) is 13.8 Å². The molecule has 8 heteroatoms. The average Bonchev–Trinajstić information content (AvgIpc) is 3.23. The third kappa shape index (κ3) is 3.27. The van der Waals surface area contributed by atoms with Crippen molar-refractivity contribution in [2.45, 2.75) is 58.7 Å². The van der Waals surface area contributed by atoms with Crippen LogP contribution in [0.5, 0.6) is 0 Å². The Labute approximate surface area is 180 Å². The lowest BCUT2D eigenvalue weighted by Crippen LogP contribution is -2.64. The molecule has 2 heterocycles. The molecule has 3 fully saturated rings. The number of methoxy groups -OCH3 is 1. The molecule has 1 saturated heterocycles. The van der Waals surface area contributed by atoms with Crippen molar-refractivity contribution < 1.29 is 37.8 Å². The topological polar surface area (TPSA) is 109 Å². The largest absolute Gasteiger partial charge is 0.472 e. The predicted molar refractivity (Wildman–Crippen MR) is 105 cm³/mol. The van der Waals surface area contributed by atoms with Gasteiger partial charge in [-0.05, 0) is 36.2 Å². The molecule has 0 amide bonds. The minimum Gasteiger partial charge on any atom is -0.472 e. The molecule has 3 unspecified atom stereocenters. The van der Waals surface area contributed by atoms with Crippen molar-refractivity contribution in [1.29, 1.82) is 0 Å². The monoisotopic (exact) mass is 432 g/mol. The maximum Gasteiger partial charge on any atom is 0.310 e. The Morgan fingerprint density at radius 2 is 1.94 bits per heavy atom. The van der Waals surface area contributed by atoms with Crippen molar-refractivity contribution in [1.82, 2.24) is 0 Å². The molecule has 0 spiro atoms. The standard InChI is InChI=1S/C23H28O8/c1-12(24)30-16-9-15(20(26)28-4)22(2)7-5-14-21(27)31-17(13-6-8-29-11-13)10-23(14,3)19(22)18(16)25/h6,8,11,14-17,19H,5,7,9-10H2,1-4H3/t14-,15?,16?,17?,19+,22-,23-/m0/s1. The molecule has 1 aromatic rings. The smallest absolute Gasteiger partial charge is 0.310 e. The van der Waals surface area contributed by atoms with E-state index in [1.165, 1.54) is 26.6 Å². The summed E-state index contributed by atoms with van der Waals surface area (Å²) in [6.07, 6.45) is 2.98. The third-order valence-electron chi connectivity index (χ3n) is 7.81. The summed E-state index contributed by atoms with van der Waals surface area (Å²) in [5, 5.41) is 0. The van der Waals surface area contributed by atoms with Gasteiger partial charge in [0.05, 0.1) is 31.5 Å². The van der Waals surface area contributed by atoms with Gasteiger partial charge < -0.3 is 18.6 Å². The molecule has 4 rings (SSSR count). The van der Waals surface area contributed by atoms with Gasteiger partial charge in [0.2, 0.25) is 0 Å². The zero-order valence-corrected chi connectivity index (χ0v) is 18.2. The lowest BCUT2D eigenvalue weighted by molar-refractivity contribution is -0.210. The van der Waals surface area contributed by atoms with Gasteiger partial charge in [0, 0.05) is 24.8 Å². The van der Waals surface area contributed by atoms with Crippen molar-refractivity contribution >= 4 is 23.7 Å². The lowest BCUT2D eigenvalue weighted by Gasteiger charge is -2.60. The normalized spacial score (nSPS) is 39.7. The van der Waals surface area contributed by atoms with Crippen molar-refractivity contribution in [2.75, 3.05) is 7.11 Å². The SMILES string of the molecule is COC(=O)C1CC(OC(C)=O)C(=O)[C@H]2[C@@]3(C)CC(c4ccoc4)OC(=O)[C@@H]3CC[C@@]12C. The highest BCUT2D eigenvalue weighted by molar-refractivity contribution is 5.93. The van der Waals surface area contributed by atoms with E-state index in [2.05, 4.69) is 0 Å². The molecule has 0 bridgehead atoms. The summed E-state index contributed by atoms with van der Waals surface area (Å²) in [5.41, 5.74) is -0.763. The van der Waals surface area contributed by atoms with Crippen LogP contribution in [0.3, 0.4) is 0 Å². The number of esters is 3. The predicted octanol–water partition coefficient (Wildman–Crippen LogP) is 3.00. The first-order chi connectivity index (χ1) is 14.6. The van der Waals surface area contributed by atoms with Gasteiger partial charge in [0.15, 0.2) is 11.9 Å². The molecule has 2 saturated carbocycles. The number of rotatable bonds is 3. The number of cyclic esters (lactones) is 1. The fourth-order valence-corrected chi connectivity index (χ4v) is 6.46. The number of hydrogen-bond acceptors (Lipinski definition) is 8. The van der Waals surface area contributed by atoms with Crippen molar-refractivity contribution in [2.24, 2.45) is 28.6 Å². The van der Waals surface area contributed by atoms with Crippen molar-refractivity contribution in [3.63, 3.8) is 0 Å². The van der Waals surface area contributed by atoms with Gasteiger partial charge in [-0.15, -0.1) is 0 Å². The molecule has 7 atom stereocenters. The van der Waals surface area contributed by atoms with Crippen LogP contribution in [0.1, 0.15) is 58.1 Å². The first-order valence-electron chi connectivity index (χ1n) is 10.6. The van der Waals surface area contributed by atoms with Gasteiger partial charge in [-0.1, -0.05) is 13.8 Å². The highest BCUT2D eigenvalue weighted by atomic mass is 16.6. The van der Waals surface area contributed by atoms with Gasteiger partial charge in [0.1, 0.15) is 6.10 Å². The fourth-order valence-electron chi connectivity index (χ4n) is 6.46. The first kappa shape index (κ1) is 21.6. The molecule has 8 nitrogen and oxygen atoms in total. The van der Waals surface area contributed by atoms with E-state index in [4.69, 9.17) is 18.6 Å². The van der Waals surface area contributed by atoms with Gasteiger partial charge in [0.25, 0.3) is 0 Å². The summed E-state index contributed by atoms with van der Waals surface area (Å²) in [4.78, 5) is 51.2. The summed E-state index contributed by atoms with van der Waals surface area (Å²) in [7, 11) is 1.32. The Bertz CT molecular complexity index is 905. The van der Waals surface area contributed by atoms with Crippen molar-refractivity contribution in [3.8, 4) is 0 Å². The quantitative estimate of drug-likeness (QED) is 0.530. The second-order valence-corrected chi connectivity index (χ2v) is 9.53. The van der Waals surface area contributed by atoms with Crippen LogP contribution in [-0.2, 0) is 33.4 Å². The van der Waals surface area contributed by atoms with Gasteiger partial charge in [-0.2, -0.15) is 0 Å². The Hall–Kier alpha value is -2.64. The number of hydrogen-bond donors (Lipinski definition) is 0. The van der Waals surface area contributed by atoms with Crippen LogP contribution in [0.2, 0.25) is 0 Å². The maximum absolute atomic E-state index is 13.7. The van der Waals surface area contributed by atoms with Crippen LogP contribution in [0, 0.1) is 28.6 Å². The fraction of sp³-hybridized carbons (Fsp3) is 0.652. The van der Waals surface area contributed by atoms with E-state index >= 15 is 0 Å². The van der Waals surface area contributed by atoms with Crippen LogP contribution in [0.15, 0.2) is 23.0 Å². The zero-order chi connectivity index (χ0) is 22.6. The van der Waals surface area contributed by atoms with E-state index in [0.717, 1.165) is 5.56 Å². The maximum atomic E-state index is 13.7. The summed E-state index contributed by atoms with van der Waals surface area (Å²) in [6, 6.07) is 1.74. The molecule has 1 aromatic heterocycles. The molecule has 0 aromatic carbocycles. The zero-order valence-electron chi connectivity index (χ0n) is 18.2. The van der Waals surface area contributed by atoms with Crippen LogP contribution in [-0.4, -0.2) is 36.9 Å². The van der Waals surface area contributed by atoms with Crippen LogP contribution in [0.25, 0.3) is 0 Å². The molecule has 0 N–H and O–H groups in total. The van der Waals surface area contributed by atoms with E-state index in [-0.39, 0.29) is 18.2 Å². The summed E-state index contributed by atoms with van der Waals surface area (Å²) < 4.78 is 21.3. The molecule has 31 heavy (non-hydrogen) atoms. The highest BCUT2D eigenvalue weighted by Crippen LogP contribution is 2.65. The van der Waals surface area contributed by atoms with Gasteiger partial charge >= 0.3 is 17.9 Å². The molecule has 1 aliphatic heterocycles. The Morgan fingerprint density at radius 3 is 2.55 bits per heavy atom. The third-order valence-corrected chi connectivity index (χ3v) is 7.81. The molecule has 0 radical (unpaired) electrons. The summed E-state index contributed by atoms with van der Waals surface area (Å²) >= 11 is 0. The second-order valence-electron chi connectivity index (χ2n) is 9.53. The number of fused-ring (bicyclic) bond motifs is 3. The van der Waals surface area contributed by atoms with Gasteiger partial charge in [-0.25, -0.2) is 0 Å². The van der Waals surface area contributed by atoms with Crippen molar-refractivity contribution in [3.05, 3.63) is 24.2 Å². The Morgan fingerprint density at radius 1 is 1.19 bits per heavy atom. The molecule has 2 aliphatic carbocycles. The molecular weight excluding hydrogens is 404 g/mol. The summed E-state index contributed by atoms with van der Waals surface area (Å²) in [6.45, 7) is 5.09. The minimum absolute atomic E-state index is 0.0917. The molecule has 3 aliphatic rings. The van der Waals surface area contributed by atoms with Gasteiger partial charge in [-0.3, -0.25) is 19.2 Å². The summed E-state index contributed by atoms with van der Waals surface area (Å²) in [5.74, 6) is -3.35. The second kappa shape index (κ2) is 7.50. The van der Waals surface area contributed by atoms with E-state index in [1.54, 1.807) is 6.07 Å². The highest BCUT2D eigenvalue weighted by Gasteiger charge is 2.67. The molecule has 168 valence electrons. The Balaban J connectivity index is 1.80. The van der Waals surface area contributed by atoms with E-state index in [0.29, 0.717) is 19.3 Å². The molecular formula is C23H28O8. The number of Topliss-reactive ketones (excluding diaryl/α,β-unsaturated/α-hetero) is 1. The average molecular weight is 432 g/mol. The van der Waals surface area contributed by atoms with Crippen LogP contribution < -0.4 is 0 Å². The number of ketones is 1. The first-order valence-corrected chi connectivity index (χ1v) is 10.6. The Kier molecular flexibility index (Phi) is 5.22. The number of carbonyl (C=O) groups excluding carboxylic acids is 4. The van der Waals surface area contributed by atoms with Crippen LogP contribution in [0.4, 0.5) is 0 Å². The number of ether oxygens (including phenoxy) is 3. The van der Waals surface area contributed by atoms with E-state index in [9.17, 15) is 19.2 Å². The lowest BCUT2D eigenvalue weighted by atomic mass is 9.43. The van der Waals surface area contributed by atoms with Crippen LogP contribution >= 0.6 is 0 Å².